The topological polar surface area (TPSA) is 49.4 Å². The Kier molecular flexibility index (Phi) is 5.64. The van der Waals surface area contributed by atoms with Gasteiger partial charge in [-0.25, -0.2) is 0 Å². The van der Waals surface area contributed by atoms with Gasteiger partial charge in [0.1, 0.15) is 6.04 Å². The molecule has 142 valence electrons. The van der Waals surface area contributed by atoms with Gasteiger partial charge in [-0.3, -0.25) is 9.59 Å². The van der Waals surface area contributed by atoms with Gasteiger partial charge in [-0.05, 0) is 54.5 Å². The molecule has 4 heteroatoms. The first-order valence-corrected chi connectivity index (χ1v) is 9.64. The van der Waals surface area contributed by atoms with Crippen molar-refractivity contribution in [1.29, 1.82) is 0 Å². The minimum Gasteiger partial charge on any atom is -0.327 e. The van der Waals surface area contributed by atoms with Crippen molar-refractivity contribution in [1.82, 2.24) is 4.90 Å². The lowest BCUT2D eigenvalue weighted by atomic mass is 9.87. The molecule has 1 saturated heterocycles. The number of nitrogens with zero attached hydrogens (tertiary/aromatic N) is 1. The lowest BCUT2D eigenvalue weighted by Crippen LogP contribution is -2.50. The van der Waals surface area contributed by atoms with Gasteiger partial charge >= 0.3 is 0 Å². The Morgan fingerprint density at radius 2 is 1.63 bits per heavy atom. The number of rotatable bonds is 3. The molecule has 0 aromatic heterocycles. The molecule has 1 aliphatic heterocycles. The summed E-state index contributed by atoms with van der Waals surface area (Å²) < 4.78 is 0. The van der Waals surface area contributed by atoms with E-state index in [1.807, 2.05) is 42.5 Å². The summed E-state index contributed by atoms with van der Waals surface area (Å²) in [5.74, 6) is -0.180. The summed E-state index contributed by atoms with van der Waals surface area (Å²) in [5.41, 5.74) is 2.70. The SMILES string of the molecule is CC(C)(C)c1ccc(NC(=O)C2CCCCN2C(=O)c2ccccc2)cc1. The molecule has 1 N–H and O–H groups in total. The summed E-state index contributed by atoms with van der Waals surface area (Å²) in [6.07, 6.45) is 2.59. The molecule has 1 heterocycles. The standard InChI is InChI=1S/C23H28N2O2/c1-23(2,3)18-12-14-19(15-13-18)24-21(26)20-11-7-8-16-25(20)22(27)17-9-5-4-6-10-17/h4-6,9-10,12-15,20H,7-8,11,16H2,1-3H3,(H,24,26). The number of nitrogens with one attached hydrogen (secondary N) is 1. The number of amides is 2. The number of carbonyl (C=O) groups excluding carboxylic acids is 2. The fourth-order valence-corrected chi connectivity index (χ4v) is 3.47. The normalized spacial score (nSPS) is 17.4. The quantitative estimate of drug-likeness (QED) is 0.864. The van der Waals surface area contributed by atoms with Crippen molar-refractivity contribution in [2.75, 3.05) is 11.9 Å². The second kappa shape index (κ2) is 7.95. The van der Waals surface area contributed by atoms with Gasteiger partial charge in [-0.15, -0.1) is 0 Å². The average molecular weight is 364 g/mol. The predicted octanol–water partition coefficient (Wildman–Crippen LogP) is 4.62. The summed E-state index contributed by atoms with van der Waals surface area (Å²) in [7, 11) is 0. The maximum atomic E-state index is 12.9. The number of likely N-dealkylation sites (tertiary alicyclic amines) is 1. The molecule has 3 rings (SSSR count). The molecule has 1 atom stereocenters. The summed E-state index contributed by atoms with van der Waals surface area (Å²) in [6, 6.07) is 16.7. The molecular weight excluding hydrogens is 336 g/mol. The summed E-state index contributed by atoms with van der Waals surface area (Å²) in [6.45, 7) is 7.11. The van der Waals surface area contributed by atoms with Crippen LogP contribution in [0.1, 0.15) is 56.0 Å². The second-order valence-corrected chi connectivity index (χ2v) is 8.19. The fraction of sp³-hybridized carbons (Fsp3) is 0.391. The minimum absolute atomic E-state index is 0.0708. The highest BCUT2D eigenvalue weighted by Crippen LogP contribution is 2.25. The predicted molar refractivity (Wildman–Crippen MR) is 109 cm³/mol. The summed E-state index contributed by atoms with van der Waals surface area (Å²) in [4.78, 5) is 27.5. The van der Waals surface area contributed by atoms with Gasteiger partial charge in [0, 0.05) is 17.8 Å². The molecule has 0 radical (unpaired) electrons. The van der Waals surface area contributed by atoms with E-state index >= 15 is 0 Å². The Morgan fingerprint density at radius 3 is 2.26 bits per heavy atom. The lowest BCUT2D eigenvalue weighted by molar-refractivity contribution is -0.121. The third-order valence-electron chi connectivity index (χ3n) is 5.11. The molecule has 2 amide bonds. The van der Waals surface area contributed by atoms with Gasteiger partial charge in [-0.1, -0.05) is 51.1 Å². The molecule has 2 aromatic carbocycles. The largest absolute Gasteiger partial charge is 0.327 e. The first-order valence-electron chi connectivity index (χ1n) is 9.64. The van der Waals surface area contributed by atoms with Gasteiger partial charge in [0.25, 0.3) is 5.91 Å². The maximum absolute atomic E-state index is 12.9. The third kappa shape index (κ3) is 4.57. The number of benzene rings is 2. The van der Waals surface area contributed by atoms with Gasteiger partial charge in [0.05, 0.1) is 0 Å². The first-order chi connectivity index (χ1) is 12.9. The van der Waals surface area contributed by atoms with Crippen LogP contribution in [-0.2, 0) is 10.2 Å². The second-order valence-electron chi connectivity index (χ2n) is 8.19. The van der Waals surface area contributed by atoms with E-state index in [-0.39, 0.29) is 17.2 Å². The van der Waals surface area contributed by atoms with Crippen LogP contribution in [0.5, 0.6) is 0 Å². The maximum Gasteiger partial charge on any atom is 0.254 e. The van der Waals surface area contributed by atoms with Crippen LogP contribution >= 0.6 is 0 Å². The van der Waals surface area contributed by atoms with Crippen molar-refractivity contribution in [3.8, 4) is 0 Å². The monoisotopic (exact) mass is 364 g/mol. The zero-order valence-corrected chi connectivity index (χ0v) is 16.4. The van der Waals surface area contributed by atoms with E-state index in [4.69, 9.17) is 0 Å². The third-order valence-corrected chi connectivity index (χ3v) is 5.11. The number of hydrogen-bond donors (Lipinski definition) is 1. The van der Waals surface area contributed by atoms with Crippen LogP contribution in [0.15, 0.2) is 54.6 Å². The van der Waals surface area contributed by atoms with E-state index in [0.717, 1.165) is 18.5 Å². The van der Waals surface area contributed by atoms with Crippen LogP contribution in [0.25, 0.3) is 0 Å². The minimum atomic E-state index is -0.422. The zero-order chi connectivity index (χ0) is 19.4. The Morgan fingerprint density at radius 1 is 0.963 bits per heavy atom. The van der Waals surface area contributed by atoms with Crippen molar-refractivity contribution < 1.29 is 9.59 Å². The van der Waals surface area contributed by atoms with Gasteiger partial charge in [0.15, 0.2) is 0 Å². The van der Waals surface area contributed by atoms with E-state index in [2.05, 4.69) is 26.1 Å². The number of carbonyl (C=O) groups is 2. The average Bonchev–Trinajstić information content (AvgIpc) is 2.68. The molecule has 2 aromatic rings. The van der Waals surface area contributed by atoms with Crippen LogP contribution in [0.4, 0.5) is 5.69 Å². The Hall–Kier alpha value is -2.62. The van der Waals surface area contributed by atoms with Crippen molar-refractivity contribution in [2.45, 2.75) is 51.5 Å². The van der Waals surface area contributed by atoms with Crippen molar-refractivity contribution in [2.24, 2.45) is 0 Å². The van der Waals surface area contributed by atoms with Crippen molar-refractivity contribution in [3.63, 3.8) is 0 Å². The number of piperidine rings is 1. The Bertz CT molecular complexity index is 791. The molecular formula is C23H28N2O2. The number of anilines is 1. The van der Waals surface area contributed by atoms with Gasteiger partial charge in [-0.2, -0.15) is 0 Å². The van der Waals surface area contributed by atoms with Crippen molar-refractivity contribution in [3.05, 3.63) is 65.7 Å². The van der Waals surface area contributed by atoms with Crippen molar-refractivity contribution >= 4 is 17.5 Å². The zero-order valence-electron chi connectivity index (χ0n) is 16.4. The molecule has 0 bridgehead atoms. The molecule has 0 aliphatic carbocycles. The highest BCUT2D eigenvalue weighted by Gasteiger charge is 2.32. The van der Waals surface area contributed by atoms with Crippen LogP contribution in [0, 0.1) is 0 Å². The lowest BCUT2D eigenvalue weighted by Gasteiger charge is -2.34. The summed E-state index contributed by atoms with van der Waals surface area (Å²) in [5, 5.41) is 2.99. The molecule has 4 nitrogen and oxygen atoms in total. The Labute approximate surface area is 161 Å². The molecule has 0 spiro atoms. The molecule has 27 heavy (non-hydrogen) atoms. The van der Waals surface area contributed by atoms with Crippen LogP contribution in [0.3, 0.4) is 0 Å². The highest BCUT2D eigenvalue weighted by molar-refractivity contribution is 6.01. The van der Waals surface area contributed by atoms with E-state index in [0.29, 0.717) is 18.5 Å². The van der Waals surface area contributed by atoms with Gasteiger partial charge < -0.3 is 10.2 Å². The number of hydrogen-bond acceptors (Lipinski definition) is 2. The van der Waals surface area contributed by atoms with Gasteiger partial charge in [0.2, 0.25) is 5.91 Å². The smallest absolute Gasteiger partial charge is 0.254 e. The first kappa shape index (κ1) is 19.2. The molecule has 1 unspecified atom stereocenters. The Balaban J connectivity index is 1.73. The van der Waals surface area contributed by atoms with E-state index < -0.39 is 6.04 Å². The van der Waals surface area contributed by atoms with Crippen LogP contribution in [-0.4, -0.2) is 29.3 Å². The summed E-state index contributed by atoms with van der Waals surface area (Å²) >= 11 is 0. The van der Waals surface area contributed by atoms with Crippen LogP contribution in [0.2, 0.25) is 0 Å². The van der Waals surface area contributed by atoms with Crippen LogP contribution < -0.4 is 5.32 Å². The van der Waals surface area contributed by atoms with E-state index in [1.165, 1.54) is 5.56 Å². The van der Waals surface area contributed by atoms with E-state index in [9.17, 15) is 9.59 Å². The van der Waals surface area contributed by atoms with E-state index in [1.54, 1.807) is 17.0 Å². The highest BCUT2D eigenvalue weighted by atomic mass is 16.2. The molecule has 0 saturated carbocycles. The molecule has 1 fully saturated rings. The fourth-order valence-electron chi connectivity index (χ4n) is 3.47. The molecule has 1 aliphatic rings.